The lowest BCUT2D eigenvalue weighted by molar-refractivity contribution is 0.0949. The highest BCUT2D eigenvalue weighted by Gasteiger charge is 2.21. The third-order valence-corrected chi connectivity index (χ3v) is 6.61. The fourth-order valence-electron chi connectivity index (χ4n) is 4.44. The Hall–Kier alpha value is -4.75. The first-order valence-electron chi connectivity index (χ1n) is 13.4. The van der Waals surface area contributed by atoms with Crippen molar-refractivity contribution in [1.29, 1.82) is 0 Å². The van der Waals surface area contributed by atoms with Crippen LogP contribution in [-0.2, 0) is 19.5 Å². The van der Waals surface area contributed by atoms with Gasteiger partial charge in [0.15, 0.2) is 5.69 Å². The number of hydrogen-bond acceptors (Lipinski definition) is 6. The van der Waals surface area contributed by atoms with Crippen LogP contribution >= 0.6 is 0 Å². The molecule has 2 heterocycles. The first-order chi connectivity index (χ1) is 19.6. The van der Waals surface area contributed by atoms with Gasteiger partial charge in [-0.25, -0.2) is 4.98 Å². The number of carbonyl (C=O) groups is 1. The summed E-state index contributed by atoms with van der Waals surface area (Å²) in [6, 6.07) is 34.0. The number of benzene rings is 3. The lowest BCUT2D eigenvalue weighted by Gasteiger charge is -2.28. The average Bonchev–Trinajstić information content (AvgIpc) is 3.47. The average molecular weight is 533 g/mol. The second-order valence-corrected chi connectivity index (χ2v) is 9.51. The fraction of sp³-hybridized carbons (Fsp3) is 0.182. The van der Waals surface area contributed by atoms with Crippen LogP contribution in [0.15, 0.2) is 120 Å². The minimum Gasteiger partial charge on any atom is -0.457 e. The van der Waals surface area contributed by atoms with Crippen LogP contribution in [0.2, 0.25) is 0 Å². The first kappa shape index (κ1) is 26.8. The molecule has 0 aliphatic heterocycles. The van der Waals surface area contributed by atoms with Crippen LogP contribution in [-0.4, -0.2) is 27.3 Å². The summed E-state index contributed by atoms with van der Waals surface area (Å²) >= 11 is 0. The molecule has 0 fully saturated rings. The SMILES string of the molecule is C[C@H](c1ccccc1)N(Cc1cccc(Oc2ccccc2)c1)Cc1nc(C(=O)NCCc2ccccn2)co1. The molecule has 0 bridgehead atoms. The Kier molecular flexibility index (Phi) is 8.96. The Morgan fingerprint density at radius 1 is 0.900 bits per heavy atom. The van der Waals surface area contributed by atoms with Gasteiger partial charge in [-0.1, -0.05) is 66.7 Å². The molecule has 3 aromatic carbocycles. The monoisotopic (exact) mass is 532 g/mol. The Morgan fingerprint density at radius 2 is 1.65 bits per heavy atom. The number of rotatable bonds is 12. The van der Waals surface area contributed by atoms with E-state index in [1.807, 2.05) is 84.9 Å². The molecule has 0 saturated carbocycles. The summed E-state index contributed by atoms with van der Waals surface area (Å²) in [6.07, 6.45) is 3.81. The molecule has 0 unspecified atom stereocenters. The maximum Gasteiger partial charge on any atom is 0.273 e. The van der Waals surface area contributed by atoms with E-state index in [-0.39, 0.29) is 17.6 Å². The molecule has 7 nitrogen and oxygen atoms in total. The van der Waals surface area contributed by atoms with Crippen molar-refractivity contribution in [2.24, 2.45) is 0 Å². The third kappa shape index (κ3) is 7.42. The molecular weight excluding hydrogens is 500 g/mol. The van der Waals surface area contributed by atoms with Crippen molar-refractivity contribution in [2.75, 3.05) is 6.54 Å². The van der Waals surface area contributed by atoms with Gasteiger partial charge in [0.25, 0.3) is 5.91 Å². The molecule has 0 aliphatic rings. The Morgan fingerprint density at radius 3 is 2.42 bits per heavy atom. The molecule has 1 atom stereocenters. The topological polar surface area (TPSA) is 80.5 Å². The molecule has 0 saturated heterocycles. The molecule has 7 heteroatoms. The van der Waals surface area contributed by atoms with E-state index < -0.39 is 0 Å². The van der Waals surface area contributed by atoms with Crippen LogP contribution in [0.5, 0.6) is 11.5 Å². The molecular formula is C33H32N4O3. The number of para-hydroxylation sites is 1. The first-order valence-corrected chi connectivity index (χ1v) is 13.4. The van der Waals surface area contributed by atoms with E-state index >= 15 is 0 Å². The Balaban J connectivity index is 1.27. The zero-order valence-electron chi connectivity index (χ0n) is 22.4. The Bertz CT molecular complexity index is 1490. The highest BCUT2D eigenvalue weighted by molar-refractivity contribution is 5.91. The van der Waals surface area contributed by atoms with Gasteiger partial charge in [0.2, 0.25) is 5.89 Å². The smallest absolute Gasteiger partial charge is 0.273 e. The van der Waals surface area contributed by atoms with Crippen LogP contribution in [0.25, 0.3) is 0 Å². The molecule has 1 amide bonds. The van der Waals surface area contributed by atoms with Crippen LogP contribution < -0.4 is 10.1 Å². The number of hydrogen-bond donors (Lipinski definition) is 1. The third-order valence-electron chi connectivity index (χ3n) is 6.61. The molecule has 0 aliphatic carbocycles. The lowest BCUT2D eigenvalue weighted by Crippen LogP contribution is -2.27. The number of ether oxygens (including phenoxy) is 1. The van der Waals surface area contributed by atoms with Crippen molar-refractivity contribution in [3.63, 3.8) is 0 Å². The molecule has 0 radical (unpaired) electrons. The summed E-state index contributed by atoms with van der Waals surface area (Å²) < 4.78 is 11.8. The largest absolute Gasteiger partial charge is 0.457 e. The van der Waals surface area contributed by atoms with E-state index in [9.17, 15) is 4.79 Å². The van der Waals surface area contributed by atoms with Gasteiger partial charge >= 0.3 is 0 Å². The van der Waals surface area contributed by atoms with Gasteiger partial charge in [-0.2, -0.15) is 0 Å². The van der Waals surface area contributed by atoms with Crippen molar-refractivity contribution in [3.8, 4) is 11.5 Å². The van der Waals surface area contributed by atoms with E-state index in [0.717, 1.165) is 22.8 Å². The van der Waals surface area contributed by atoms with Gasteiger partial charge < -0.3 is 14.5 Å². The summed E-state index contributed by atoms with van der Waals surface area (Å²) in [5.41, 5.74) is 3.46. The molecule has 0 spiro atoms. The summed E-state index contributed by atoms with van der Waals surface area (Å²) in [4.78, 5) is 23.8. The lowest BCUT2D eigenvalue weighted by atomic mass is 10.1. The summed E-state index contributed by atoms with van der Waals surface area (Å²) in [5, 5.41) is 2.90. The molecule has 40 heavy (non-hydrogen) atoms. The van der Waals surface area contributed by atoms with Crippen molar-refractivity contribution in [2.45, 2.75) is 32.5 Å². The summed E-state index contributed by atoms with van der Waals surface area (Å²) in [6.45, 7) is 3.70. The zero-order valence-corrected chi connectivity index (χ0v) is 22.4. The van der Waals surface area contributed by atoms with Crippen molar-refractivity contribution in [1.82, 2.24) is 20.2 Å². The van der Waals surface area contributed by atoms with Crippen molar-refractivity contribution < 1.29 is 13.9 Å². The zero-order chi connectivity index (χ0) is 27.6. The van der Waals surface area contributed by atoms with E-state index in [1.54, 1.807) is 6.20 Å². The molecule has 1 N–H and O–H groups in total. The summed E-state index contributed by atoms with van der Waals surface area (Å²) in [5.74, 6) is 1.78. The van der Waals surface area contributed by atoms with Gasteiger partial charge in [-0.05, 0) is 54.4 Å². The number of nitrogens with zero attached hydrogens (tertiary/aromatic N) is 3. The molecule has 202 valence electrons. The van der Waals surface area contributed by atoms with E-state index in [2.05, 4.69) is 45.3 Å². The molecule has 5 aromatic rings. The van der Waals surface area contributed by atoms with Crippen LogP contribution in [0.3, 0.4) is 0 Å². The number of nitrogens with one attached hydrogen (secondary N) is 1. The van der Waals surface area contributed by atoms with E-state index in [0.29, 0.717) is 31.9 Å². The summed E-state index contributed by atoms with van der Waals surface area (Å²) in [7, 11) is 0. The number of amides is 1. The van der Waals surface area contributed by atoms with Crippen molar-refractivity contribution >= 4 is 5.91 Å². The predicted molar refractivity (Wildman–Crippen MR) is 154 cm³/mol. The second-order valence-electron chi connectivity index (χ2n) is 9.51. The maximum absolute atomic E-state index is 12.7. The van der Waals surface area contributed by atoms with Gasteiger partial charge in [0, 0.05) is 37.4 Å². The number of aromatic nitrogens is 2. The van der Waals surface area contributed by atoms with Gasteiger partial charge in [-0.3, -0.25) is 14.7 Å². The van der Waals surface area contributed by atoms with Crippen LogP contribution in [0.4, 0.5) is 0 Å². The molecule has 5 rings (SSSR count). The Labute approximate surface area is 234 Å². The fourth-order valence-corrected chi connectivity index (χ4v) is 4.44. The van der Waals surface area contributed by atoms with E-state index in [4.69, 9.17) is 9.15 Å². The number of carbonyl (C=O) groups excluding carboxylic acids is 1. The number of oxazole rings is 1. The second kappa shape index (κ2) is 13.4. The number of pyridine rings is 1. The standard InChI is InChI=1S/C33H32N4O3/c1-25(27-12-4-2-5-13-27)37(22-26-11-10-17-30(21-26)40-29-15-6-3-7-16-29)23-32-36-31(24-39-32)33(38)35-20-18-28-14-8-9-19-34-28/h2-17,19,21,24-25H,18,20,22-23H2,1H3,(H,35,38)/t25-/m1/s1. The highest BCUT2D eigenvalue weighted by atomic mass is 16.5. The van der Waals surface area contributed by atoms with Gasteiger partial charge in [0.05, 0.1) is 6.54 Å². The van der Waals surface area contributed by atoms with E-state index in [1.165, 1.54) is 11.8 Å². The normalized spacial score (nSPS) is 11.8. The quantitative estimate of drug-likeness (QED) is 0.195. The minimum atomic E-state index is -0.264. The maximum atomic E-state index is 12.7. The predicted octanol–water partition coefficient (Wildman–Crippen LogP) is 6.60. The minimum absolute atomic E-state index is 0.0717. The van der Waals surface area contributed by atoms with Gasteiger partial charge in [-0.15, -0.1) is 0 Å². The van der Waals surface area contributed by atoms with Crippen LogP contribution in [0, 0.1) is 0 Å². The highest BCUT2D eigenvalue weighted by Crippen LogP contribution is 2.27. The van der Waals surface area contributed by atoms with Crippen molar-refractivity contribution in [3.05, 3.63) is 144 Å². The molecule has 2 aromatic heterocycles. The van der Waals surface area contributed by atoms with Crippen LogP contribution in [0.1, 0.15) is 46.2 Å². The van der Waals surface area contributed by atoms with Gasteiger partial charge in [0.1, 0.15) is 17.8 Å².